The minimum Gasteiger partial charge on any atom is -0.211 e. The first-order valence-corrected chi connectivity index (χ1v) is 12.2. The van der Waals surface area contributed by atoms with Gasteiger partial charge in [-0.1, -0.05) is 51.9 Å². The Bertz CT molecular complexity index is 592. The molecule has 28 heavy (non-hydrogen) atoms. The van der Waals surface area contributed by atoms with Crippen LogP contribution < -0.4 is 0 Å². The number of hydrogen-bond donors (Lipinski definition) is 0. The van der Waals surface area contributed by atoms with Crippen LogP contribution in [0, 0.1) is 34.0 Å². The van der Waals surface area contributed by atoms with Gasteiger partial charge in [-0.05, 0) is 32.1 Å². The molecule has 0 amide bonds. The maximum absolute atomic E-state index is 13.0. The highest BCUT2D eigenvalue weighted by molar-refractivity contribution is 7.90. The molecule has 0 aromatic rings. The van der Waals surface area contributed by atoms with Gasteiger partial charge in [-0.2, -0.15) is 15.8 Å². The lowest BCUT2D eigenvalue weighted by atomic mass is 10.1. The maximum atomic E-state index is 13.0. The van der Waals surface area contributed by atoms with Crippen molar-refractivity contribution in [3.63, 3.8) is 0 Å². The molecule has 0 saturated carbocycles. The second-order valence-electron chi connectivity index (χ2n) is 7.20. The van der Waals surface area contributed by atoms with Crippen LogP contribution in [0.1, 0.15) is 96.8 Å². The van der Waals surface area contributed by atoms with Crippen molar-refractivity contribution in [1.82, 2.24) is 4.31 Å². The smallest absolute Gasteiger partial charge is 0.211 e. The molecule has 0 saturated heterocycles. The summed E-state index contributed by atoms with van der Waals surface area (Å²) in [5.74, 6) is 0. The van der Waals surface area contributed by atoms with Gasteiger partial charge in [0.2, 0.25) is 10.0 Å². The largest absolute Gasteiger partial charge is 0.230 e. The normalized spacial score (nSPS) is 12.2. The summed E-state index contributed by atoms with van der Waals surface area (Å²) in [7, 11) is -3.68. The second-order valence-corrected chi connectivity index (χ2v) is 9.32. The lowest BCUT2D eigenvalue weighted by Crippen LogP contribution is -2.39. The predicted molar refractivity (Wildman–Crippen MR) is 111 cm³/mol. The molecule has 0 aromatic heterocycles. The molecule has 0 N–H and O–H groups in total. The third kappa shape index (κ3) is 12.0. The molecule has 158 valence electrons. The fraction of sp³-hybridized carbons (Fsp3) is 0.857. The molecule has 0 radical (unpaired) electrons. The van der Waals surface area contributed by atoms with Crippen molar-refractivity contribution >= 4 is 10.0 Å². The monoisotopic (exact) mass is 408 g/mol. The molecule has 0 aliphatic heterocycles. The molecular formula is C21H36N4O2S. The van der Waals surface area contributed by atoms with E-state index in [-0.39, 0.29) is 0 Å². The number of hydrogen-bond acceptors (Lipinski definition) is 5. The molecule has 0 bridgehead atoms. The van der Waals surface area contributed by atoms with Crippen molar-refractivity contribution < 1.29 is 8.42 Å². The molecule has 0 fully saturated rings. The highest BCUT2D eigenvalue weighted by atomic mass is 32.2. The van der Waals surface area contributed by atoms with E-state index in [4.69, 9.17) is 10.5 Å². The van der Waals surface area contributed by atoms with Crippen LogP contribution in [0.5, 0.6) is 0 Å². The fourth-order valence-electron chi connectivity index (χ4n) is 3.10. The van der Waals surface area contributed by atoms with Crippen LogP contribution in [0.15, 0.2) is 0 Å². The van der Waals surface area contributed by atoms with Gasteiger partial charge in [0.15, 0.2) is 5.25 Å². The van der Waals surface area contributed by atoms with E-state index in [1.165, 1.54) is 30.0 Å². The maximum Gasteiger partial charge on any atom is 0.230 e. The van der Waals surface area contributed by atoms with Gasteiger partial charge in [0.1, 0.15) is 0 Å². The molecular weight excluding hydrogens is 372 g/mol. The van der Waals surface area contributed by atoms with Crippen LogP contribution in [0.3, 0.4) is 0 Å². The van der Waals surface area contributed by atoms with E-state index in [1.54, 1.807) is 0 Å². The van der Waals surface area contributed by atoms with Crippen molar-refractivity contribution in [2.75, 3.05) is 13.1 Å². The van der Waals surface area contributed by atoms with E-state index < -0.39 is 15.3 Å². The van der Waals surface area contributed by atoms with Crippen LogP contribution in [0.25, 0.3) is 0 Å². The number of unbranched alkanes of at least 4 members (excludes halogenated alkanes) is 10. The van der Waals surface area contributed by atoms with E-state index in [2.05, 4.69) is 19.1 Å². The lowest BCUT2D eigenvalue weighted by Gasteiger charge is -2.24. The van der Waals surface area contributed by atoms with Crippen LogP contribution in [0.4, 0.5) is 0 Å². The zero-order chi connectivity index (χ0) is 21.1. The molecule has 6 nitrogen and oxygen atoms in total. The van der Waals surface area contributed by atoms with Gasteiger partial charge in [0, 0.05) is 25.9 Å². The van der Waals surface area contributed by atoms with Gasteiger partial charge < -0.3 is 0 Å². The van der Waals surface area contributed by atoms with Gasteiger partial charge >= 0.3 is 0 Å². The number of rotatable bonds is 18. The Morgan fingerprint density at radius 1 is 0.750 bits per heavy atom. The van der Waals surface area contributed by atoms with Gasteiger partial charge in [-0.15, -0.1) is 0 Å². The van der Waals surface area contributed by atoms with Crippen molar-refractivity contribution in [2.45, 2.75) is 102 Å². The Morgan fingerprint density at radius 3 is 1.71 bits per heavy atom. The number of nitrogens with zero attached hydrogens (tertiary/aromatic N) is 4. The van der Waals surface area contributed by atoms with E-state index in [0.29, 0.717) is 58.0 Å². The average Bonchev–Trinajstić information content (AvgIpc) is 2.68. The predicted octanol–water partition coefficient (Wildman–Crippen LogP) is 5.04. The standard InChI is InChI=1S/C21H36N4O2S/c1-2-3-4-5-6-7-10-15-21(20-24)28(26,27)25(18-13-8-11-16-22)19-14-9-12-17-23/h21H,2-15,18-19H2,1H3. The summed E-state index contributed by atoms with van der Waals surface area (Å²) in [4.78, 5) is 0. The van der Waals surface area contributed by atoms with Crippen LogP contribution in [0.2, 0.25) is 0 Å². The van der Waals surface area contributed by atoms with Crippen LogP contribution >= 0.6 is 0 Å². The number of nitriles is 3. The summed E-state index contributed by atoms with van der Waals surface area (Å²) >= 11 is 0. The molecule has 0 aliphatic rings. The molecule has 1 unspecified atom stereocenters. The average molecular weight is 409 g/mol. The fourth-order valence-corrected chi connectivity index (χ4v) is 4.82. The van der Waals surface area contributed by atoms with Crippen molar-refractivity contribution in [3.8, 4) is 18.2 Å². The number of sulfonamides is 1. The molecule has 0 aromatic carbocycles. The molecule has 0 heterocycles. The molecule has 7 heteroatoms. The van der Waals surface area contributed by atoms with Crippen molar-refractivity contribution in [1.29, 1.82) is 15.8 Å². The summed E-state index contributed by atoms with van der Waals surface area (Å²) in [5, 5.41) is 25.8. The molecule has 1 atom stereocenters. The zero-order valence-corrected chi connectivity index (χ0v) is 18.2. The summed E-state index contributed by atoms with van der Waals surface area (Å²) in [6, 6.07) is 6.14. The Balaban J connectivity index is 4.67. The van der Waals surface area contributed by atoms with E-state index >= 15 is 0 Å². The van der Waals surface area contributed by atoms with Crippen LogP contribution in [-0.4, -0.2) is 31.1 Å². The van der Waals surface area contributed by atoms with Gasteiger partial charge in [-0.25, -0.2) is 12.7 Å². The Kier molecular flexibility index (Phi) is 16.5. The molecule has 0 rings (SSSR count). The van der Waals surface area contributed by atoms with E-state index in [1.807, 2.05) is 6.07 Å². The van der Waals surface area contributed by atoms with E-state index in [9.17, 15) is 13.7 Å². The second kappa shape index (κ2) is 17.5. The summed E-state index contributed by atoms with van der Waals surface area (Å²) in [5.41, 5.74) is 0. The summed E-state index contributed by atoms with van der Waals surface area (Å²) < 4.78 is 27.3. The first-order valence-electron chi connectivity index (χ1n) is 10.7. The summed E-state index contributed by atoms with van der Waals surface area (Å²) in [6.07, 6.45) is 11.3. The Labute approximate surface area is 172 Å². The first kappa shape index (κ1) is 26.4. The zero-order valence-electron chi connectivity index (χ0n) is 17.4. The topological polar surface area (TPSA) is 109 Å². The highest BCUT2D eigenvalue weighted by Crippen LogP contribution is 2.18. The van der Waals surface area contributed by atoms with Crippen LogP contribution in [-0.2, 0) is 10.0 Å². The highest BCUT2D eigenvalue weighted by Gasteiger charge is 2.31. The Hall–Kier alpha value is -1.62. The Morgan fingerprint density at radius 2 is 1.25 bits per heavy atom. The quantitative estimate of drug-likeness (QED) is 0.295. The van der Waals surface area contributed by atoms with Gasteiger partial charge in [0.25, 0.3) is 0 Å². The molecule has 0 spiro atoms. The molecule has 0 aliphatic carbocycles. The lowest BCUT2D eigenvalue weighted by molar-refractivity contribution is 0.386. The SMILES string of the molecule is CCCCCCCCCC(C#N)S(=O)(=O)N(CCCCC#N)CCCCC#N. The minimum atomic E-state index is -3.68. The van der Waals surface area contributed by atoms with Gasteiger partial charge in [-0.3, -0.25) is 0 Å². The van der Waals surface area contributed by atoms with E-state index in [0.717, 1.165) is 19.3 Å². The van der Waals surface area contributed by atoms with Crippen molar-refractivity contribution in [3.05, 3.63) is 0 Å². The van der Waals surface area contributed by atoms with Crippen molar-refractivity contribution in [2.24, 2.45) is 0 Å². The summed E-state index contributed by atoms with van der Waals surface area (Å²) in [6.45, 7) is 2.85. The third-order valence-corrected chi connectivity index (χ3v) is 6.97. The minimum absolute atomic E-state index is 0.339. The third-order valence-electron chi connectivity index (χ3n) is 4.83. The van der Waals surface area contributed by atoms with Gasteiger partial charge in [0.05, 0.1) is 18.2 Å². The first-order chi connectivity index (χ1) is 13.5.